The van der Waals surface area contributed by atoms with Gasteiger partial charge in [-0.1, -0.05) is 52.9 Å². The van der Waals surface area contributed by atoms with Gasteiger partial charge >= 0.3 is 23.9 Å². The fourth-order valence-corrected chi connectivity index (χ4v) is 4.84. The van der Waals surface area contributed by atoms with Crippen molar-refractivity contribution < 1.29 is 38.1 Å². The average Bonchev–Trinajstić information content (AvgIpc) is 2.80. The van der Waals surface area contributed by atoms with Crippen molar-refractivity contribution in [1.29, 1.82) is 0 Å². The Morgan fingerprint density at radius 2 is 1.17 bits per heavy atom. The molecule has 8 nitrogen and oxygen atoms in total. The van der Waals surface area contributed by atoms with E-state index in [4.69, 9.17) is 18.9 Å². The van der Waals surface area contributed by atoms with E-state index in [9.17, 15) is 19.2 Å². The summed E-state index contributed by atoms with van der Waals surface area (Å²) in [5.41, 5.74) is -3.31. The number of hydrogen-bond donors (Lipinski definition) is 0. The predicted octanol–water partition coefficient (Wildman–Crippen LogP) is 7.88. The van der Waals surface area contributed by atoms with E-state index in [0.29, 0.717) is 38.7 Å². The van der Waals surface area contributed by atoms with Crippen LogP contribution in [-0.4, -0.2) is 47.8 Å². The van der Waals surface area contributed by atoms with Crippen molar-refractivity contribution in [2.45, 2.75) is 171 Å². The summed E-state index contributed by atoms with van der Waals surface area (Å²) >= 11 is 0. The third-order valence-corrected chi connectivity index (χ3v) is 7.04. The van der Waals surface area contributed by atoms with E-state index in [1.165, 1.54) is 6.92 Å². The summed E-state index contributed by atoms with van der Waals surface area (Å²) in [7, 11) is 0. The highest BCUT2D eigenvalue weighted by Crippen LogP contribution is 2.40. The summed E-state index contributed by atoms with van der Waals surface area (Å²) in [4.78, 5) is 51.3. The maximum atomic E-state index is 13.8. The molecule has 1 unspecified atom stereocenters. The molecule has 0 saturated carbocycles. The van der Waals surface area contributed by atoms with Crippen molar-refractivity contribution in [2.24, 2.45) is 10.8 Å². The molecule has 240 valence electrons. The molecular weight excluding hydrogens is 524 g/mol. The zero-order chi connectivity index (χ0) is 31.9. The number of ether oxygens (including phenoxy) is 4. The van der Waals surface area contributed by atoms with E-state index in [0.717, 1.165) is 32.1 Å². The average molecular weight is 585 g/mol. The highest BCUT2D eigenvalue weighted by Gasteiger charge is 2.50. The molecule has 0 N–H and O–H groups in total. The van der Waals surface area contributed by atoms with Crippen LogP contribution in [0.4, 0.5) is 0 Å². The molecule has 0 rings (SSSR count). The zero-order valence-corrected chi connectivity index (χ0v) is 28.0. The molecule has 0 aromatic carbocycles. The van der Waals surface area contributed by atoms with Crippen LogP contribution in [0, 0.1) is 10.8 Å². The second kappa shape index (κ2) is 17.7. The smallest absolute Gasteiger partial charge is 0.324 e. The van der Waals surface area contributed by atoms with Crippen molar-refractivity contribution >= 4 is 23.9 Å². The van der Waals surface area contributed by atoms with E-state index in [1.807, 2.05) is 0 Å². The first-order valence-corrected chi connectivity index (χ1v) is 15.6. The molecule has 1 atom stereocenters. The molecule has 0 aliphatic carbocycles. The van der Waals surface area contributed by atoms with Crippen molar-refractivity contribution in [3.05, 3.63) is 0 Å². The number of rotatable bonds is 19. The zero-order valence-electron chi connectivity index (χ0n) is 28.0. The topological polar surface area (TPSA) is 105 Å². The molecule has 0 aromatic heterocycles. The second-order valence-electron chi connectivity index (χ2n) is 13.9. The minimum atomic E-state index is -1.49. The number of carbonyl (C=O) groups excluding carboxylic acids is 4. The molecule has 0 amide bonds. The van der Waals surface area contributed by atoms with E-state index >= 15 is 0 Å². The third-order valence-electron chi connectivity index (χ3n) is 7.04. The van der Waals surface area contributed by atoms with E-state index in [2.05, 4.69) is 20.8 Å². The van der Waals surface area contributed by atoms with Gasteiger partial charge in [0.25, 0.3) is 0 Å². The molecule has 0 spiro atoms. The van der Waals surface area contributed by atoms with Gasteiger partial charge in [0.15, 0.2) is 5.41 Å². The Morgan fingerprint density at radius 1 is 0.659 bits per heavy atom. The van der Waals surface area contributed by atoms with Crippen molar-refractivity contribution in [3.63, 3.8) is 0 Å². The van der Waals surface area contributed by atoms with Crippen LogP contribution in [0.2, 0.25) is 0 Å². The lowest BCUT2D eigenvalue weighted by atomic mass is 9.75. The number of hydrogen-bond acceptors (Lipinski definition) is 8. The third kappa shape index (κ3) is 16.2. The Bertz CT molecular complexity index is 788. The van der Waals surface area contributed by atoms with Crippen LogP contribution < -0.4 is 0 Å². The Labute approximate surface area is 250 Å². The van der Waals surface area contributed by atoms with Gasteiger partial charge in [-0.3, -0.25) is 19.2 Å². The fraction of sp³-hybridized carbons (Fsp3) is 0.879. The van der Waals surface area contributed by atoms with Gasteiger partial charge in [0.05, 0.1) is 6.61 Å². The van der Waals surface area contributed by atoms with Gasteiger partial charge in [-0.25, -0.2) is 0 Å². The molecule has 0 aliphatic rings. The Kier molecular flexibility index (Phi) is 16.8. The quantitative estimate of drug-likeness (QED) is 0.0653. The summed E-state index contributed by atoms with van der Waals surface area (Å²) in [6, 6.07) is 0. The fourth-order valence-electron chi connectivity index (χ4n) is 4.84. The normalized spacial score (nSPS) is 13.3. The van der Waals surface area contributed by atoms with Crippen LogP contribution in [0.15, 0.2) is 0 Å². The van der Waals surface area contributed by atoms with E-state index in [-0.39, 0.29) is 36.3 Å². The lowest BCUT2D eigenvalue weighted by Gasteiger charge is -2.37. The second-order valence-corrected chi connectivity index (χ2v) is 13.9. The maximum Gasteiger partial charge on any atom is 0.324 e. The first kappa shape index (κ1) is 38.9. The first-order valence-electron chi connectivity index (χ1n) is 15.6. The molecule has 0 aromatic rings. The van der Waals surface area contributed by atoms with Gasteiger partial charge in [-0.05, 0) is 87.0 Å². The van der Waals surface area contributed by atoms with Gasteiger partial charge in [0.1, 0.15) is 17.3 Å². The van der Waals surface area contributed by atoms with Crippen LogP contribution in [-0.2, 0) is 38.1 Å². The van der Waals surface area contributed by atoms with Gasteiger partial charge in [-0.15, -0.1) is 0 Å². The Morgan fingerprint density at radius 3 is 1.63 bits per heavy atom. The lowest BCUT2D eigenvalue weighted by Crippen LogP contribution is -2.47. The van der Waals surface area contributed by atoms with E-state index in [1.54, 1.807) is 48.5 Å². The largest absolute Gasteiger partial charge is 0.466 e. The van der Waals surface area contributed by atoms with Crippen molar-refractivity contribution in [3.8, 4) is 0 Å². The van der Waals surface area contributed by atoms with Crippen molar-refractivity contribution in [2.75, 3.05) is 6.61 Å². The minimum absolute atomic E-state index is 0.214. The summed E-state index contributed by atoms with van der Waals surface area (Å²) in [5, 5.41) is 0. The molecule has 0 heterocycles. The van der Waals surface area contributed by atoms with E-state index < -0.39 is 28.6 Å². The van der Waals surface area contributed by atoms with Gasteiger partial charge < -0.3 is 18.9 Å². The molecular formula is C33H60O8. The molecule has 0 bridgehead atoms. The molecule has 8 heteroatoms. The Hall–Kier alpha value is -2.12. The monoisotopic (exact) mass is 584 g/mol. The lowest BCUT2D eigenvalue weighted by molar-refractivity contribution is -0.187. The van der Waals surface area contributed by atoms with Gasteiger partial charge in [-0.2, -0.15) is 0 Å². The molecule has 0 radical (unpaired) electrons. The highest BCUT2D eigenvalue weighted by molar-refractivity contribution is 6.00. The van der Waals surface area contributed by atoms with Crippen LogP contribution in [0.3, 0.4) is 0 Å². The molecule has 0 saturated heterocycles. The minimum Gasteiger partial charge on any atom is -0.466 e. The number of unbranched alkanes of at least 4 members (excludes halogenated alkanes) is 4. The maximum absolute atomic E-state index is 13.8. The Balaban J connectivity index is 6.01. The SMILES string of the molecule is CCCCC(C)(C)C(CCCC(CCCCCCC(=O)OCC)(C(=O)OC(C)(C)C)C(=O)OC(C)(C)C)OC(C)=O. The molecule has 0 fully saturated rings. The summed E-state index contributed by atoms with van der Waals surface area (Å²) < 4.78 is 22.4. The molecule has 0 aliphatic heterocycles. The highest BCUT2D eigenvalue weighted by atomic mass is 16.6. The summed E-state index contributed by atoms with van der Waals surface area (Å²) in [6.07, 6.45) is 7.25. The van der Waals surface area contributed by atoms with Gasteiger partial charge in [0, 0.05) is 18.8 Å². The number of carbonyl (C=O) groups is 4. The van der Waals surface area contributed by atoms with Gasteiger partial charge in [0.2, 0.25) is 0 Å². The predicted molar refractivity (Wildman–Crippen MR) is 161 cm³/mol. The van der Waals surface area contributed by atoms with Crippen LogP contribution in [0.5, 0.6) is 0 Å². The standard InChI is InChI=1S/C33H60O8/c1-12-14-22-32(10,11)26(39-25(3)34)20-19-24-33(28(36)40-30(4,5)6,29(37)41-31(7,8)9)23-18-16-15-17-21-27(35)38-13-2/h26H,12-24H2,1-11H3. The number of esters is 4. The first-order chi connectivity index (χ1) is 18.8. The van der Waals surface area contributed by atoms with Crippen LogP contribution in [0.1, 0.15) is 153 Å². The molecule has 41 heavy (non-hydrogen) atoms. The van der Waals surface area contributed by atoms with Crippen LogP contribution >= 0.6 is 0 Å². The van der Waals surface area contributed by atoms with Crippen LogP contribution in [0.25, 0.3) is 0 Å². The summed E-state index contributed by atoms with van der Waals surface area (Å²) in [6.45, 7) is 20.6. The van der Waals surface area contributed by atoms with Crippen molar-refractivity contribution in [1.82, 2.24) is 0 Å². The summed E-state index contributed by atoms with van der Waals surface area (Å²) in [5.74, 6) is -1.72.